The van der Waals surface area contributed by atoms with Crippen LogP contribution in [0.15, 0.2) is 0 Å². The molecule has 0 spiro atoms. The Morgan fingerprint density at radius 1 is 1.26 bits per heavy atom. The maximum Gasteiger partial charge on any atom is 0.303 e. The van der Waals surface area contributed by atoms with Crippen molar-refractivity contribution >= 4 is 5.97 Å². The van der Waals surface area contributed by atoms with Crippen LogP contribution in [0, 0.1) is 23.2 Å². The molecule has 3 heteroatoms. The van der Waals surface area contributed by atoms with Gasteiger partial charge in [-0.2, -0.15) is 0 Å². The molecule has 1 fully saturated rings. The van der Waals surface area contributed by atoms with Gasteiger partial charge in [0.25, 0.3) is 0 Å². The number of likely N-dealkylation sites (tertiary alicyclic amines) is 1. The molecule has 1 saturated heterocycles. The fourth-order valence-corrected chi connectivity index (χ4v) is 2.86. The summed E-state index contributed by atoms with van der Waals surface area (Å²) in [5, 5.41) is 8.85. The minimum Gasteiger partial charge on any atom is -0.481 e. The van der Waals surface area contributed by atoms with E-state index in [1.165, 1.54) is 13.1 Å². The van der Waals surface area contributed by atoms with Crippen LogP contribution in [-0.4, -0.2) is 35.6 Å². The molecule has 0 radical (unpaired) electrons. The Labute approximate surface area is 118 Å². The second kappa shape index (κ2) is 6.74. The third kappa shape index (κ3) is 5.52. The highest BCUT2D eigenvalue weighted by Crippen LogP contribution is 2.33. The summed E-state index contributed by atoms with van der Waals surface area (Å²) >= 11 is 0. The lowest BCUT2D eigenvalue weighted by Crippen LogP contribution is -2.49. The molecule has 0 aromatic rings. The summed E-state index contributed by atoms with van der Waals surface area (Å²) in [6, 6.07) is 0. The molecule has 3 nitrogen and oxygen atoms in total. The van der Waals surface area contributed by atoms with Gasteiger partial charge in [0, 0.05) is 19.5 Å². The van der Waals surface area contributed by atoms with Gasteiger partial charge in [-0.05, 0) is 42.6 Å². The van der Waals surface area contributed by atoms with Crippen LogP contribution >= 0.6 is 0 Å². The highest BCUT2D eigenvalue weighted by molar-refractivity contribution is 5.66. The van der Waals surface area contributed by atoms with Crippen LogP contribution in [0.1, 0.15) is 53.9 Å². The average Bonchev–Trinajstić information content (AvgIpc) is 2.16. The Kier molecular flexibility index (Phi) is 5.84. The van der Waals surface area contributed by atoms with E-state index in [4.69, 9.17) is 5.11 Å². The number of nitrogens with zero attached hydrogens (tertiary/aromatic N) is 1. The number of hydrogen-bond donors (Lipinski definition) is 1. The van der Waals surface area contributed by atoms with Gasteiger partial charge in [0.2, 0.25) is 0 Å². The molecule has 1 unspecified atom stereocenters. The predicted molar refractivity (Wildman–Crippen MR) is 79.2 cm³/mol. The number of carbonyl (C=O) groups is 1. The average molecular weight is 269 g/mol. The lowest BCUT2D eigenvalue weighted by Gasteiger charge is -2.43. The summed E-state index contributed by atoms with van der Waals surface area (Å²) in [5.74, 6) is 1.49. The Morgan fingerprint density at radius 2 is 1.84 bits per heavy atom. The Bertz CT molecular complexity index is 288. The van der Waals surface area contributed by atoms with Crippen LogP contribution in [0.5, 0.6) is 0 Å². The van der Waals surface area contributed by atoms with E-state index in [-0.39, 0.29) is 5.41 Å². The van der Waals surface area contributed by atoms with Crippen LogP contribution in [0.25, 0.3) is 0 Å². The number of hydrogen-bond acceptors (Lipinski definition) is 2. The second-order valence-electron chi connectivity index (χ2n) is 7.55. The number of rotatable bonds is 7. The Morgan fingerprint density at radius 3 is 2.26 bits per heavy atom. The highest BCUT2D eigenvalue weighted by atomic mass is 16.4. The summed E-state index contributed by atoms with van der Waals surface area (Å²) in [6.45, 7) is 14.9. The molecule has 1 N–H and O–H groups in total. The van der Waals surface area contributed by atoms with E-state index in [2.05, 4.69) is 39.5 Å². The Hall–Kier alpha value is -0.570. The lowest BCUT2D eigenvalue weighted by atomic mass is 9.75. The van der Waals surface area contributed by atoms with E-state index < -0.39 is 5.97 Å². The second-order valence-corrected chi connectivity index (χ2v) is 7.55. The molecule has 0 aromatic carbocycles. The molecule has 19 heavy (non-hydrogen) atoms. The Balaban J connectivity index is 2.32. The SMILES string of the molecule is CC(C)C1CN(CCC(CCC(=O)O)C(C)(C)C)C1. The highest BCUT2D eigenvalue weighted by Gasteiger charge is 2.31. The van der Waals surface area contributed by atoms with Gasteiger partial charge in [-0.25, -0.2) is 0 Å². The molecule has 0 aromatic heterocycles. The summed E-state index contributed by atoms with van der Waals surface area (Å²) in [6.07, 6.45) is 2.23. The molecule has 1 heterocycles. The van der Waals surface area contributed by atoms with Gasteiger partial charge in [-0.1, -0.05) is 34.6 Å². The predicted octanol–water partition coefficient (Wildman–Crippen LogP) is 3.49. The van der Waals surface area contributed by atoms with Crippen LogP contribution < -0.4 is 0 Å². The fraction of sp³-hybridized carbons (Fsp3) is 0.938. The first-order valence-corrected chi connectivity index (χ1v) is 7.64. The molecule has 0 bridgehead atoms. The maximum atomic E-state index is 10.7. The first-order valence-electron chi connectivity index (χ1n) is 7.64. The van der Waals surface area contributed by atoms with E-state index >= 15 is 0 Å². The third-order valence-corrected chi connectivity index (χ3v) is 4.65. The van der Waals surface area contributed by atoms with Gasteiger partial charge in [0.1, 0.15) is 0 Å². The van der Waals surface area contributed by atoms with Gasteiger partial charge < -0.3 is 10.0 Å². The van der Waals surface area contributed by atoms with Gasteiger partial charge in [0.05, 0.1) is 0 Å². The van der Waals surface area contributed by atoms with Crippen molar-refractivity contribution in [2.45, 2.75) is 53.9 Å². The standard InChI is InChI=1S/C16H31NO2/c1-12(2)13-10-17(11-13)9-8-14(16(3,4)5)6-7-15(18)19/h12-14H,6-11H2,1-5H3,(H,18,19). The third-order valence-electron chi connectivity index (χ3n) is 4.65. The molecule has 0 saturated carbocycles. The minimum absolute atomic E-state index is 0.206. The van der Waals surface area contributed by atoms with E-state index in [1.807, 2.05) is 0 Å². The molecule has 1 atom stereocenters. The number of carboxylic acids is 1. The van der Waals surface area contributed by atoms with Crippen molar-refractivity contribution < 1.29 is 9.90 Å². The van der Waals surface area contributed by atoms with Crippen LogP contribution in [0.2, 0.25) is 0 Å². The van der Waals surface area contributed by atoms with Crippen molar-refractivity contribution in [3.05, 3.63) is 0 Å². The smallest absolute Gasteiger partial charge is 0.303 e. The zero-order valence-electron chi connectivity index (χ0n) is 13.3. The first-order chi connectivity index (χ1) is 8.70. The topological polar surface area (TPSA) is 40.5 Å². The van der Waals surface area contributed by atoms with Gasteiger partial charge in [-0.15, -0.1) is 0 Å². The summed E-state index contributed by atoms with van der Waals surface area (Å²) in [7, 11) is 0. The number of aliphatic carboxylic acids is 1. The molecule has 0 aliphatic carbocycles. The molecule has 1 aliphatic heterocycles. The number of carboxylic acid groups (broad SMARTS) is 1. The van der Waals surface area contributed by atoms with Crippen molar-refractivity contribution in [1.82, 2.24) is 4.90 Å². The van der Waals surface area contributed by atoms with Crippen molar-refractivity contribution in [2.24, 2.45) is 23.2 Å². The summed E-state index contributed by atoms with van der Waals surface area (Å²) < 4.78 is 0. The summed E-state index contributed by atoms with van der Waals surface area (Å²) in [4.78, 5) is 13.3. The van der Waals surface area contributed by atoms with Crippen molar-refractivity contribution in [3.63, 3.8) is 0 Å². The van der Waals surface area contributed by atoms with E-state index in [0.717, 1.165) is 31.2 Å². The first kappa shape index (κ1) is 16.5. The quantitative estimate of drug-likeness (QED) is 0.769. The molecule has 1 aliphatic rings. The molecule has 0 amide bonds. The van der Waals surface area contributed by atoms with Crippen LogP contribution in [0.4, 0.5) is 0 Å². The zero-order chi connectivity index (χ0) is 14.6. The van der Waals surface area contributed by atoms with Crippen molar-refractivity contribution in [1.29, 1.82) is 0 Å². The van der Waals surface area contributed by atoms with Crippen LogP contribution in [-0.2, 0) is 4.79 Å². The lowest BCUT2D eigenvalue weighted by molar-refractivity contribution is -0.137. The minimum atomic E-state index is -0.668. The fourth-order valence-electron chi connectivity index (χ4n) is 2.86. The van der Waals surface area contributed by atoms with Gasteiger partial charge in [-0.3, -0.25) is 4.79 Å². The van der Waals surface area contributed by atoms with Crippen molar-refractivity contribution in [3.8, 4) is 0 Å². The zero-order valence-corrected chi connectivity index (χ0v) is 13.3. The molecule has 112 valence electrons. The molecule has 1 rings (SSSR count). The maximum absolute atomic E-state index is 10.7. The molecular weight excluding hydrogens is 238 g/mol. The van der Waals surface area contributed by atoms with Crippen LogP contribution in [0.3, 0.4) is 0 Å². The molecular formula is C16H31NO2. The van der Waals surface area contributed by atoms with E-state index in [1.54, 1.807) is 0 Å². The largest absolute Gasteiger partial charge is 0.481 e. The van der Waals surface area contributed by atoms with Crippen molar-refractivity contribution in [2.75, 3.05) is 19.6 Å². The monoisotopic (exact) mass is 269 g/mol. The van der Waals surface area contributed by atoms with E-state index in [0.29, 0.717) is 12.3 Å². The van der Waals surface area contributed by atoms with Gasteiger partial charge >= 0.3 is 5.97 Å². The van der Waals surface area contributed by atoms with E-state index in [9.17, 15) is 4.79 Å². The normalized spacial score (nSPS) is 19.5. The summed E-state index contributed by atoms with van der Waals surface area (Å²) in [5.41, 5.74) is 0.206. The van der Waals surface area contributed by atoms with Gasteiger partial charge in [0.15, 0.2) is 0 Å².